The Morgan fingerprint density at radius 1 is 0.875 bits per heavy atom. The second-order valence-electron chi connectivity index (χ2n) is 5.94. The van der Waals surface area contributed by atoms with Gasteiger partial charge in [0.2, 0.25) is 0 Å². The first kappa shape index (κ1) is 15.0. The molecule has 2 nitrogen and oxygen atoms in total. The molecule has 0 unspecified atom stereocenters. The summed E-state index contributed by atoms with van der Waals surface area (Å²) in [5.41, 5.74) is 5.82. The fourth-order valence-electron chi connectivity index (χ4n) is 3.01. The van der Waals surface area contributed by atoms with Crippen LogP contribution in [0.25, 0.3) is 22.4 Å². The molecule has 0 amide bonds. The highest BCUT2D eigenvalue weighted by Crippen LogP contribution is 2.27. The molecule has 24 heavy (non-hydrogen) atoms. The van der Waals surface area contributed by atoms with Crippen LogP contribution in [-0.2, 0) is 6.54 Å². The molecule has 0 saturated heterocycles. The topological polar surface area (TPSA) is 17.8 Å². The molecule has 0 aliphatic carbocycles. The van der Waals surface area contributed by atoms with E-state index in [1.54, 1.807) is 0 Å². The maximum atomic E-state index is 6.04. The maximum Gasteiger partial charge on any atom is 0.141 e. The Balaban J connectivity index is 1.90. The molecule has 1 heterocycles. The van der Waals surface area contributed by atoms with Gasteiger partial charge in [-0.1, -0.05) is 48.0 Å². The van der Waals surface area contributed by atoms with Crippen molar-refractivity contribution < 1.29 is 0 Å². The van der Waals surface area contributed by atoms with Crippen molar-refractivity contribution in [2.75, 3.05) is 0 Å². The van der Waals surface area contributed by atoms with E-state index < -0.39 is 0 Å². The molecule has 0 fully saturated rings. The van der Waals surface area contributed by atoms with Crippen LogP contribution in [0.5, 0.6) is 0 Å². The van der Waals surface area contributed by atoms with Gasteiger partial charge in [-0.05, 0) is 54.4 Å². The maximum absolute atomic E-state index is 6.04. The van der Waals surface area contributed by atoms with Gasteiger partial charge in [-0.2, -0.15) is 0 Å². The van der Waals surface area contributed by atoms with E-state index in [0.717, 1.165) is 34.0 Å². The van der Waals surface area contributed by atoms with E-state index in [1.165, 1.54) is 11.1 Å². The van der Waals surface area contributed by atoms with Crippen molar-refractivity contribution in [2.24, 2.45) is 0 Å². The largest absolute Gasteiger partial charge is 0.319 e. The lowest BCUT2D eigenvalue weighted by molar-refractivity contribution is 0.828. The van der Waals surface area contributed by atoms with Gasteiger partial charge < -0.3 is 4.57 Å². The van der Waals surface area contributed by atoms with E-state index in [1.807, 2.05) is 30.3 Å². The monoisotopic (exact) mass is 332 g/mol. The quantitative estimate of drug-likeness (QED) is 0.469. The molecular weight excluding hydrogens is 316 g/mol. The minimum atomic E-state index is 0.736. The minimum Gasteiger partial charge on any atom is -0.319 e. The Hall–Kier alpha value is -2.58. The highest BCUT2D eigenvalue weighted by molar-refractivity contribution is 6.30. The molecule has 0 aliphatic heterocycles. The molecule has 0 spiro atoms. The van der Waals surface area contributed by atoms with Crippen molar-refractivity contribution in [1.82, 2.24) is 9.55 Å². The van der Waals surface area contributed by atoms with Gasteiger partial charge in [0.25, 0.3) is 0 Å². The van der Waals surface area contributed by atoms with Crippen LogP contribution in [0.3, 0.4) is 0 Å². The van der Waals surface area contributed by atoms with Gasteiger partial charge in [0.05, 0.1) is 11.0 Å². The molecule has 4 rings (SSSR count). The molecule has 3 aromatic carbocycles. The second-order valence-corrected chi connectivity index (χ2v) is 6.38. The number of benzene rings is 3. The lowest BCUT2D eigenvalue weighted by atomic mass is 10.1. The Morgan fingerprint density at radius 3 is 2.38 bits per heavy atom. The molecule has 3 heteroatoms. The standard InChI is InChI=1S/C21H17ClN2/c1-15-6-2-3-7-17(15)14-24-20-9-5-4-8-19(20)23-21(24)16-10-12-18(22)13-11-16/h2-13H,14H2,1H3. The summed E-state index contributed by atoms with van der Waals surface area (Å²) < 4.78 is 2.28. The van der Waals surface area contributed by atoms with Crippen molar-refractivity contribution in [3.05, 3.63) is 88.9 Å². The Bertz CT molecular complexity index is 1000. The average Bonchev–Trinajstić information content (AvgIpc) is 2.96. The van der Waals surface area contributed by atoms with E-state index in [0.29, 0.717) is 0 Å². The van der Waals surface area contributed by atoms with Gasteiger partial charge in [0.15, 0.2) is 0 Å². The number of rotatable bonds is 3. The Morgan fingerprint density at radius 2 is 1.58 bits per heavy atom. The fraction of sp³-hybridized carbons (Fsp3) is 0.0952. The smallest absolute Gasteiger partial charge is 0.141 e. The fourth-order valence-corrected chi connectivity index (χ4v) is 3.14. The summed E-state index contributed by atoms with van der Waals surface area (Å²) in [6.45, 7) is 2.95. The minimum absolute atomic E-state index is 0.736. The molecule has 0 bridgehead atoms. The normalized spacial score (nSPS) is 11.1. The van der Waals surface area contributed by atoms with Crippen molar-refractivity contribution >= 4 is 22.6 Å². The van der Waals surface area contributed by atoms with E-state index >= 15 is 0 Å². The van der Waals surface area contributed by atoms with Crippen LogP contribution in [0.1, 0.15) is 11.1 Å². The third-order valence-electron chi connectivity index (χ3n) is 4.35. The van der Waals surface area contributed by atoms with E-state index in [-0.39, 0.29) is 0 Å². The van der Waals surface area contributed by atoms with Crippen molar-refractivity contribution in [3.8, 4) is 11.4 Å². The molecule has 0 aliphatic rings. The van der Waals surface area contributed by atoms with Gasteiger partial charge in [-0.3, -0.25) is 0 Å². The number of para-hydroxylation sites is 2. The van der Waals surface area contributed by atoms with Crippen LogP contribution in [-0.4, -0.2) is 9.55 Å². The molecule has 0 N–H and O–H groups in total. The summed E-state index contributed by atoms with van der Waals surface area (Å²) >= 11 is 6.04. The highest BCUT2D eigenvalue weighted by Gasteiger charge is 2.13. The van der Waals surface area contributed by atoms with Crippen LogP contribution in [0.15, 0.2) is 72.8 Å². The first-order valence-electron chi connectivity index (χ1n) is 7.98. The zero-order chi connectivity index (χ0) is 16.5. The molecular formula is C21H17ClN2. The number of imidazole rings is 1. The average molecular weight is 333 g/mol. The molecule has 1 aromatic heterocycles. The molecule has 4 aromatic rings. The van der Waals surface area contributed by atoms with E-state index in [9.17, 15) is 0 Å². The van der Waals surface area contributed by atoms with Crippen molar-refractivity contribution in [2.45, 2.75) is 13.5 Å². The predicted octanol–water partition coefficient (Wildman–Crippen LogP) is 5.71. The second kappa shape index (κ2) is 6.14. The predicted molar refractivity (Wildman–Crippen MR) is 100 cm³/mol. The third kappa shape index (κ3) is 2.70. The summed E-state index contributed by atoms with van der Waals surface area (Å²) in [4.78, 5) is 4.86. The SMILES string of the molecule is Cc1ccccc1Cn1c(-c2ccc(Cl)cc2)nc2ccccc21. The van der Waals surface area contributed by atoms with Gasteiger partial charge in [0.1, 0.15) is 5.82 Å². The number of halogens is 1. The van der Waals surface area contributed by atoms with Crippen molar-refractivity contribution in [3.63, 3.8) is 0 Å². The first-order valence-corrected chi connectivity index (χ1v) is 8.36. The first-order chi connectivity index (χ1) is 11.7. The molecule has 0 radical (unpaired) electrons. The molecule has 118 valence electrons. The number of nitrogens with zero attached hydrogens (tertiary/aromatic N) is 2. The summed E-state index contributed by atoms with van der Waals surface area (Å²) in [5.74, 6) is 0.969. The van der Waals surface area contributed by atoms with Gasteiger partial charge in [0, 0.05) is 17.1 Å². The number of aryl methyl sites for hydroxylation is 1. The number of fused-ring (bicyclic) bond motifs is 1. The lowest BCUT2D eigenvalue weighted by Crippen LogP contribution is -2.03. The van der Waals surface area contributed by atoms with E-state index in [4.69, 9.17) is 16.6 Å². The van der Waals surface area contributed by atoms with Gasteiger partial charge in [-0.25, -0.2) is 4.98 Å². The lowest BCUT2D eigenvalue weighted by Gasteiger charge is -2.11. The van der Waals surface area contributed by atoms with Crippen LogP contribution < -0.4 is 0 Å². The zero-order valence-corrected chi connectivity index (χ0v) is 14.2. The number of aromatic nitrogens is 2. The summed E-state index contributed by atoms with van der Waals surface area (Å²) in [5, 5.41) is 0.736. The van der Waals surface area contributed by atoms with Crippen LogP contribution in [0.2, 0.25) is 5.02 Å². The summed E-state index contributed by atoms with van der Waals surface area (Å²) in [6.07, 6.45) is 0. The molecule has 0 saturated carbocycles. The zero-order valence-electron chi connectivity index (χ0n) is 13.4. The van der Waals surface area contributed by atoms with Crippen LogP contribution in [0, 0.1) is 6.92 Å². The highest BCUT2D eigenvalue weighted by atomic mass is 35.5. The number of hydrogen-bond donors (Lipinski definition) is 0. The number of hydrogen-bond acceptors (Lipinski definition) is 1. The Labute approximate surface area is 146 Å². The van der Waals surface area contributed by atoms with Crippen LogP contribution in [0.4, 0.5) is 0 Å². The summed E-state index contributed by atoms with van der Waals surface area (Å²) in [6, 6.07) is 24.6. The van der Waals surface area contributed by atoms with Gasteiger partial charge >= 0.3 is 0 Å². The van der Waals surface area contributed by atoms with Crippen molar-refractivity contribution in [1.29, 1.82) is 0 Å². The Kier molecular flexibility index (Phi) is 3.83. The van der Waals surface area contributed by atoms with Crippen LogP contribution >= 0.6 is 11.6 Å². The van der Waals surface area contributed by atoms with Gasteiger partial charge in [-0.15, -0.1) is 0 Å². The van der Waals surface area contributed by atoms with E-state index in [2.05, 4.69) is 54.0 Å². The third-order valence-corrected chi connectivity index (χ3v) is 4.60. The summed E-state index contributed by atoms with van der Waals surface area (Å²) in [7, 11) is 0. The molecule has 0 atom stereocenters.